The third kappa shape index (κ3) is 1.68. The summed E-state index contributed by atoms with van der Waals surface area (Å²) in [5, 5.41) is 0. The molecule has 0 aromatic heterocycles. The van der Waals surface area contributed by atoms with Gasteiger partial charge in [0.15, 0.2) is 0 Å². The molecule has 0 N–H and O–H groups in total. The Labute approximate surface area is 54.4 Å². The van der Waals surface area contributed by atoms with E-state index in [0.29, 0.717) is 6.67 Å². The van der Waals surface area contributed by atoms with Crippen molar-refractivity contribution < 1.29 is 0 Å². The second-order valence-electron chi connectivity index (χ2n) is 1.76. The molecule has 0 amide bonds. The number of aliphatic imine (C=N–C) groups is 2. The van der Waals surface area contributed by atoms with Gasteiger partial charge in [0.25, 0.3) is 0 Å². The van der Waals surface area contributed by atoms with Crippen LogP contribution in [0.2, 0.25) is 0 Å². The highest BCUT2D eigenvalue weighted by Crippen LogP contribution is 1.88. The SMILES string of the molecule is C=CCN1C=NC=NC1. The lowest BCUT2D eigenvalue weighted by molar-refractivity contribution is 0.488. The largest absolute Gasteiger partial charge is 0.339 e. The first-order valence-corrected chi connectivity index (χ1v) is 2.80. The summed E-state index contributed by atoms with van der Waals surface area (Å²) in [6, 6.07) is 0. The first kappa shape index (κ1) is 6.01. The van der Waals surface area contributed by atoms with Gasteiger partial charge in [-0.2, -0.15) is 0 Å². The molecule has 0 aromatic rings. The molecule has 0 aliphatic carbocycles. The lowest BCUT2D eigenvalue weighted by atomic mass is 10.5. The molecule has 9 heavy (non-hydrogen) atoms. The predicted octanol–water partition coefficient (Wildman–Crippen LogP) is 0.502. The van der Waals surface area contributed by atoms with Crippen molar-refractivity contribution in [2.24, 2.45) is 9.98 Å². The zero-order valence-electron chi connectivity index (χ0n) is 5.20. The van der Waals surface area contributed by atoms with E-state index in [9.17, 15) is 0 Å². The van der Waals surface area contributed by atoms with Gasteiger partial charge in [-0.1, -0.05) is 6.08 Å². The van der Waals surface area contributed by atoms with Gasteiger partial charge in [0.2, 0.25) is 0 Å². The van der Waals surface area contributed by atoms with Crippen LogP contribution in [-0.2, 0) is 0 Å². The summed E-state index contributed by atoms with van der Waals surface area (Å²) in [6.45, 7) is 5.12. The molecule has 0 spiro atoms. The maximum absolute atomic E-state index is 3.93. The maximum atomic E-state index is 3.93. The van der Waals surface area contributed by atoms with Crippen molar-refractivity contribution in [2.45, 2.75) is 0 Å². The van der Waals surface area contributed by atoms with E-state index >= 15 is 0 Å². The fourth-order valence-corrected chi connectivity index (χ4v) is 0.620. The fraction of sp³-hybridized carbons (Fsp3) is 0.333. The van der Waals surface area contributed by atoms with E-state index in [2.05, 4.69) is 16.6 Å². The Morgan fingerprint density at radius 3 is 3.22 bits per heavy atom. The Bertz CT molecular complexity index is 146. The molecule has 1 heterocycles. The molecule has 1 aliphatic heterocycles. The van der Waals surface area contributed by atoms with E-state index in [1.165, 1.54) is 0 Å². The minimum Gasteiger partial charge on any atom is -0.339 e. The molecular weight excluding hydrogens is 114 g/mol. The lowest BCUT2D eigenvalue weighted by Crippen LogP contribution is -2.24. The van der Waals surface area contributed by atoms with Gasteiger partial charge >= 0.3 is 0 Å². The van der Waals surface area contributed by atoms with E-state index in [1.54, 1.807) is 12.7 Å². The Kier molecular flexibility index (Phi) is 2.01. The quantitative estimate of drug-likeness (QED) is 0.491. The number of hydrogen-bond acceptors (Lipinski definition) is 3. The van der Waals surface area contributed by atoms with Crippen LogP contribution in [0, 0.1) is 0 Å². The van der Waals surface area contributed by atoms with Crippen molar-refractivity contribution in [3.05, 3.63) is 12.7 Å². The van der Waals surface area contributed by atoms with Crippen LogP contribution in [0.25, 0.3) is 0 Å². The molecule has 0 saturated heterocycles. The number of rotatable bonds is 2. The molecule has 0 radical (unpaired) electrons. The van der Waals surface area contributed by atoms with Gasteiger partial charge in [-0.15, -0.1) is 6.58 Å². The van der Waals surface area contributed by atoms with E-state index in [-0.39, 0.29) is 0 Å². The summed E-state index contributed by atoms with van der Waals surface area (Å²) >= 11 is 0. The number of nitrogens with zero attached hydrogens (tertiary/aromatic N) is 3. The van der Waals surface area contributed by atoms with Crippen molar-refractivity contribution in [2.75, 3.05) is 13.2 Å². The summed E-state index contributed by atoms with van der Waals surface area (Å²) in [4.78, 5) is 9.74. The van der Waals surface area contributed by atoms with Crippen LogP contribution < -0.4 is 0 Å². The molecule has 48 valence electrons. The van der Waals surface area contributed by atoms with Gasteiger partial charge in [0.05, 0.1) is 6.34 Å². The molecule has 3 nitrogen and oxygen atoms in total. The zero-order valence-corrected chi connectivity index (χ0v) is 5.20. The van der Waals surface area contributed by atoms with Crippen LogP contribution in [0.3, 0.4) is 0 Å². The molecule has 0 atom stereocenters. The van der Waals surface area contributed by atoms with E-state index < -0.39 is 0 Å². The highest BCUT2D eigenvalue weighted by molar-refractivity contribution is 5.72. The molecule has 0 unspecified atom stereocenters. The second-order valence-corrected chi connectivity index (χ2v) is 1.76. The Morgan fingerprint density at radius 1 is 1.78 bits per heavy atom. The molecule has 0 bridgehead atoms. The monoisotopic (exact) mass is 123 g/mol. The first-order valence-electron chi connectivity index (χ1n) is 2.80. The average Bonchev–Trinajstić information content (AvgIpc) is 1.91. The van der Waals surface area contributed by atoms with Gasteiger partial charge in [0.1, 0.15) is 13.0 Å². The van der Waals surface area contributed by atoms with Gasteiger partial charge in [-0.3, -0.25) is 4.99 Å². The topological polar surface area (TPSA) is 28.0 Å². The maximum Gasteiger partial charge on any atom is 0.113 e. The predicted molar refractivity (Wildman–Crippen MR) is 38.8 cm³/mol. The smallest absolute Gasteiger partial charge is 0.113 e. The molecule has 0 fully saturated rings. The summed E-state index contributed by atoms with van der Waals surface area (Å²) in [5.41, 5.74) is 0. The van der Waals surface area contributed by atoms with Crippen LogP contribution in [0.15, 0.2) is 22.6 Å². The van der Waals surface area contributed by atoms with Gasteiger partial charge in [-0.05, 0) is 0 Å². The normalized spacial score (nSPS) is 16.2. The number of hydrogen-bond donors (Lipinski definition) is 0. The summed E-state index contributed by atoms with van der Waals surface area (Å²) in [5.74, 6) is 0. The lowest BCUT2D eigenvalue weighted by Gasteiger charge is -2.15. The van der Waals surface area contributed by atoms with Crippen molar-refractivity contribution in [1.82, 2.24) is 4.90 Å². The van der Waals surface area contributed by atoms with Crippen molar-refractivity contribution in [1.29, 1.82) is 0 Å². The Balaban J connectivity index is 2.36. The summed E-state index contributed by atoms with van der Waals surface area (Å²) < 4.78 is 0. The first-order chi connectivity index (χ1) is 4.43. The van der Waals surface area contributed by atoms with Crippen LogP contribution >= 0.6 is 0 Å². The fourth-order valence-electron chi connectivity index (χ4n) is 0.620. The van der Waals surface area contributed by atoms with Crippen LogP contribution in [0.4, 0.5) is 0 Å². The van der Waals surface area contributed by atoms with Crippen molar-refractivity contribution in [3.8, 4) is 0 Å². The third-order valence-electron chi connectivity index (χ3n) is 1.01. The standard InChI is InChI=1S/C6H9N3/c1-2-3-9-5-7-4-8-6-9/h2,4-5H,1,3,6H2. The Hall–Kier alpha value is -1.12. The second kappa shape index (κ2) is 3.02. The average molecular weight is 123 g/mol. The Morgan fingerprint density at radius 2 is 2.67 bits per heavy atom. The summed E-state index contributed by atoms with van der Waals surface area (Å²) in [7, 11) is 0. The molecule has 3 heteroatoms. The van der Waals surface area contributed by atoms with E-state index in [1.807, 2.05) is 11.0 Å². The summed E-state index contributed by atoms with van der Waals surface area (Å²) in [6.07, 6.45) is 5.14. The van der Waals surface area contributed by atoms with Crippen molar-refractivity contribution >= 4 is 12.7 Å². The third-order valence-corrected chi connectivity index (χ3v) is 1.01. The minimum atomic E-state index is 0.704. The van der Waals surface area contributed by atoms with Crippen LogP contribution in [0.5, 0.6) is 0 Å². The van der Waals surface area contributed by atoms with Gasteiger partial charge < -0.3 is 4.90 Å². The highest BCUT2D eigenvalue weighted by atomic mass is 15.2. The molecule has 0 saturated carbocycles. The molecular formula is C6H9N3. The van der Waals surface area contributed by atoms with Gasteiger partial charge in [-0.25, -0.2) is 4.99 Å². The molecule has 1 aliphatic rings. The highest BCUT2D eigenvalue weighted by Gasteiger charge is 1.95. The van der Waals surface area contributed by atoms with Crippen molar-refractivity contribution in [3.63, 3.8) is 0 Å². The van der Waals surface area contributed by atoms with Crippen LogP contribution in [0.1, 0.15) is 0 Å². The minimum absolute atomic E-state index is 0.704. The van der Waals surface area contributed by atoms with E-state index in [0.717, 1.165) is 6.54 Å². The molecule has 1 rings (SSSR count). The molecule has 0 aromatic carbocycles. The zero-order chi connectivity index (χ0) is 6.53. The van der Waals surface area contributed by atoms with Gasteiger partial charge in [0, 0.05) is 6.54 Å². The van der Waals surface area contributed by atoms with Crippen LogP contribution in [-0.4, -0.2) is 30.8 Å². The van der Waals surface area contributed by atoms with E-state index in [4.69, 9.17) is 0 Å².